The van der Waals surface area contributed by atoms with E-state index in [2.05, 4.69) is 20.4 Å². The van der Waals surface area contributed by atoms with Crippen LogP contribution in [0.2, 0.25) is 0 Å². The van der Waals surface area contributed by atoms with Gasteiger partial charge in [-0.1, -0.05) is 33.8 Å². The van der Waals surface area contributed by atoms with Gasteiger partial charge in [-0.15, -0.1) is 6.58 Å². The SMILES string of the molecule is C=C[C@]1(C)C[C@@H](O)[C@H]2[C@@]3(C)[C@H](C[C@@H](O)[C@]2(O)[C@@H]1O)C(C)(C)CC[C@H]3O[C@@H]1O[C@H](CO)[C@@H](O)[C@H](O)[C@H]1O. The zero-order valence-corrected chi connectivity index (χ0v) is 21.6. The molecule has 0 bridgehead atoms. The molecule has 3 saturated carbocycles. The molecule has 1 heterocycles. The number of rotatable bonds is 4. The van der Waals surface area contributed by atoms with Crippen molar-refractivity contribution in [2.45, 2.75) is 114 Å². The summed E-state index contributed by atoms with van der Waals surface area (Å²) in [5.41, 5.74) is -4.39. The number of fused-ring (bicyclic) bond motifs is 3. The van der Waals surface area contributed by atoms with E-state index in [4.69, 9.17) is 9.47 Å². The van der Waals surface area contributed by atoms with E-state index in [1.54, 1.807) is 6.92 Å². The molecule has 0 aromatic carbocycles. The van der Waals surface area contributed by atoms with E-state index >= 15 is 0 Å². The third-order valence-corrected chi connectivity index (χ3v) is 10.3. The van der Waals surface area contributed by atoms with Crippen LogP contribution < -0.4 is 0 Å². The highest BCUT2D eigenvalue weighted by molar-refractivity contribution is 5.24. The monoisotopic (exact) mass is 516 g/mol. The van der Waals surface area contributed by atoms with E-state index in [0.717, 1.165) is 0 Å². The second-order valence-corrected chi connectivity index (χ2v) is 12.8. The van der Waals surface area contributed by atoms with Crippen molar-refractivity contribution in [2.75, 3.05) is 6.61 Å². The Morgan fingerprint density at radius 3 is 2.22 bits per heavy atom. The molecule has 8 N–H and O–H groups in total. The smallest absolute Gasteiger partial charge is 0.186 e. The summed E-state index contributed by atoms with van der Waals surface area (Å²) < 4.78 is 11.9. The molecular weight excluding hydrogens is 472 g/mol. The summed E-state index contributed by atoms with van der Waals surface area (Å²) in [6.07, 6.45) is -8.88. The molecule has 208 valence electrons. The Hall–Kier alpha value is -0.660. The molecule has 4 aliphatic rings. The fraction of sp³-hybridized carbons (Fsp3) is 0.923. The van der Waals surface area contributed by atoms with Gasteiger partial charge in [-0.25, -0.2) is 0 Å². The van der Waals surface area contributed by atoms with Crippen molar-refractivity contribution in [3.63, 3.8) is 0 Å². The van der Waals surface area contributed by atoms with Crippen molar-refractivity contribution in [3.05, 3.63) is 12.7 Å². The Morgan fingerprint density at radius 2 is 1.64 bits per heavy atom. The van der Waals surface area contributed by atoms with E-state index in [-0.39, 0.29) is 24.2 Å². The first-order valence-electron chi connectivity index (χ1n) is 13.0. The van der Waals surface area contributed by atoms with Crippen LogP contribution in [0.1, 0.15) is 53.4 Å². The van der Waals surface area contributed by atoms with Gasteiger partial charge in [0.1, 0.15) is 30.0 Å². The van der Waals surface area contributed by atoms with Crippen LogP contribution in [0, 0.1) is 28.1 Å². The molecule has 0 amide bonds. The largest absolute Gasteiger partial charge is 0.394 e. The van der Waals surface area contributed by atoms with Crippen molar-refractivity contribution >= 4 is 0 Å². The lowest BCUT2D eigenvalue weighted by Crippen LogP contribution is -2.78. The van der Waals surface area contributed by atoms with E-state index in [1.165, 1.54) is 6.08 Å². The molecule has 0 aromatic heterocycles. The molecule has 4 rings (SSSR count). The predicted molar refractivity (Wildman–Crippen MR) is 127 cm³/mol. The van der Waals surface area contributed by atoms with Crippen LogP contribution in [0.3, 0.4) is 0 Å². The summed E-state index contributed by atoms with van der Waals surface area (Å²) in [5, 5.41) is 86.9. The lowest BCUT2D eigenvalue weighted by molar-refractivity contribution is -0.362. The summed E-state index contributed by atoms with van der Waals surface area (Å²) in [4.78, 5) is 0. The molecule has 10 heteroatoms. The minimum Gasteiger partial charge on any atom is -0.394 e. The van der Waals surface area contributed by atoms with E-state index in [0.29, 0.717) is 12.8 Å². The Kier molecular flexibility index (Phi) is 7.26. The molecule has 1 saturated heterocycles. The normalized spacial score (nSPS) is 56.9. The number of hydrogen-bond acceptors (Lipinski definition) is 10. The molecule has 0 aromatic rings. The predicted octanol–water partition coefficient (Wildman–Crippen LogP) is -0.956. The minimum atomic E-state index is -2.06. The molecule has 14 atom stereocenters. The Bertz CT molecular complexity index is 836. The maximum atomic E-state index is 12.0. The van der Waals surface area contributed by atoms with Crippen LogP contribution in [-0.2, 0) is 9.47 Å². The van der Waals surface area contributed by atoms with Gasteiger partial charge in [0.2, 0.25) is 0 Å². The number of aliphatic hydroxyl groups excluding tert-OH is 7. The summed E-state index contributed by atoms with van der Waals surface area (Å²) in [5.74, 6) is -1.24. The standard InChI is InChI=1S/C26H44O10/c1-6-24(4)10-12(28)20-25(5)14(9-15(29)26(20,34)22(24)33)23(2,3)8-7-16(25)36-21-19(32)18(31)17(30)13(11-27)35-21/h6,12-22,27-34H,1,7-11H2,2-5H3/t12-,13-,14-,15-,16-,17-,18+,19-,20+,21+,22-,24-,25+,26-/m1/s1. The van der Waals surface area contributed by atoms with Crippen LogP contribution in [-0.4, -0.2) is 108 Å². The van der Waals surface area contributed by atoms with Gasteiger partial charge in [-0.2, -0.15) is 0 Å². The highest BCUT2D eigenvalue weighted by Gasteiger charge is 2.73. The van der Waals surface area contributed by atoms with Gasteiger partial charge in [0.05, 0.1) is 31.0 Å². The van der Waals surface area contributed by atoms with E-state index in [1.807, 2.05) is 6.92 Å². The zero-order chi connectivity index (χ0) is 27.0. The van der Waals surface area contributed by atoms with Gasteiger partial charge in [0, 0.05) is 16.7 Å². The summed E-state index contributed by atoms with van der Waals surface area (Å²) >= 11 is 0. The molecular formula is C26H44O10. The number of hydrogen-bond donors (Lipinski definition) is 8. The first-order chi connectivity index (χ1) is 16.6. The molecule has 3 aliphatic carbocycles. The highest BCUT2D eigenvalue weighted by atomic mass is 16.7. The van der Waals surface area contributed by atoms with Crippen LogP contribution >= 0.6 is 0 Å². The van der Waals surface area contributed by atoms with Gasteiger partial charge in [-0.3, -0.25) is 0 Å². The fourth-order valence-electron chi connectivity index (χ4n) is 8.20. The van der Waals surface area contributed by atoms with Crippen LogP contribution in [0.5, 0.6) is 0 Å². The fourth-order valence-corrected chi connectivity index (χ4v) is 8.20. The summed E-state index contributed by atoms with van der Waals surface area (Å²) in [7, 11) is 0. The number of ether oxygens (including phenoxy) is 2. The second-order valence-electron chi connectivity index (χ2n) is 12.8. The lowest BCUT2D eigenvalue weighted by atomic mass is 9.39. The van der Waals surface area contributed by atoms with Gasteiger partial charge in [0.25, 0.3) is 0 Å². The second kappa shape index (κ2) is 9.22. The maximum absolute atomic E-state index is 12.0. The van der Waals surface area contributed by atoms with Gasteiger partial charge >= 0.3 is 0 Å². The third kappa shape index (κ3) is 3.84. The molecule has 10 nitrogen and oxygen atoms in total. The topological polar surface area (TPSA) is 180 Å². The molecule has 4 fully saturated rings. The molecule has 0 unspecified atom stereocenters. The zero-order valence-electron chi connectivity index (χ0n) is 21.6. The van der Waals surface area contributed by atoms with Gasteiger partial charge < -0.3 is 50.3 Å². The summed E-state index contributed by atoms with van der Waals surface area (Å²) in [6.45, 7) is 10.9. The Balaban J connectivity index is 1.77. The number of aliphatic hydroxyl groups is 8. The van der Waals surface area contributed by atoms with Crippen molar-refractivity contribution in [3.8, 4) is 0 Å². The van der Waals surface area contributed by atoms with Crippen molar-refractivity contribution in [2.24, 2.45) is 28.1 Å². The summed E-state index contributed by atoms with van der Waals surface area (Å²) in [6, 6.07) is 0. The first kappa shape index (κ1) is 28.4. The average molecular weight is 517 g/mol. The molecule has 0 radical (unpaired) electrons. The molecule has 0 spiro atoms. The molecule has 1 aliphatic heterocycles. The van der Waals surface area contributed by atoms with Crippen molar-refractivity contribution < 1.29 is 50.3 Å². The van der Waals surface area contributed by atoms with Crippen molar-refractivity contribution in [1.82, 2.24) is 0 Å². The average Bonchev–Trinajstić information content (AvgIpc) is 2.81. The Morgan fingerprint density at radius 1 is 1.00 bits per heavy atom. The molecule has 36 heavy (non-hydrogen) atoms. The van der Waals surface area contributed by atoms with Crippen LogP contribution in [0.25, 0.3) is 0 Å². The maximum Gasteiger partial charge on any atom is 0.186 e. The first-order valence-corrected chi connectivity index (χ1v) is 13.0. The third-order valence-electron chi connectivity index (χ3n) is 10.3. The highest BCUT2D eigenvalue weighted by Crippen LogP contribution is 2.67. The van der Waals surface area contributed by atoms with Crippen LogP contribution in [0.15, 0.2) is 12.7 Å². The van der Waals surface area contributed by atoms with Crippen LogP contribution in [0.4, 0.5) is 0 Å². The van der Waals surface area contributed by atoms with E-state index < -0.39 is 84.1 Å². The minimum absolute atomic E-state index is 0.118. The van der Waals surface area contributed by atoms with E-state index in [9.17, 15) is 40.9 Å². The Labute approximate surface area is 212 Å². The van der Waals surface area contributed by atoms with Crippen molar-refractivity contribution in [1.29, 1.82) is 0 Å². The quantitative estimate of drug-likeness (QED) is 0.217. The van der Waals surface area contributed by atoms with Gasteiger partial charge in [0.15, 0.2) is 6.29 Å². The lowest BCUT2D eigenvalue weighted by Gasteiger charge is -2.69. The van der Waals surface area contributed by atoms with Gasteiger partial charge in [-0.05, 0) is 37.0 Å².